The predicted molar refractivity (Wildman–Crippen MR) is 119 cm³/mol. The highest BCUT2D eigenvalue weighted by Crippen LogP contribution is 2.36. The van der Waals surface area contributed by atoms with Crippen molar-refractivity contribution in [2.75, 3.05) is 25.6 Å². The lowest BCUT2D eigenvalue weighted by molar-refractivity contribution is 0.146. The molecule has 0 radical (unpaired) electrons. The quantitative estimate of drug-likeness (QED) is 0.563. The fraction of sp³-hybridized carbons (Fsp3) is 0.200. The molecule has 4 rings (SSSR count). The minimum atomic E-state index is -0.341. The third-order valence-electron chi connectivity index (χ3n) is 5.24. The Labute approximate surface area is 171 Å². The first-order valence-corrected chi connectivity index (χ1v) is 9.83. The zero-order chi connectivity index (χ0) is 20.1. The van der Waals surface area contributed by atoms with E-state index in [0.717, 1.165) is 28.9 Å². The second-order valence-corrected chi connectivity index (χ2v) is 7.27. The maximum absolute atomic E-state index is 6.01. The summed E-state index contributed by atoms with van der Waals surface area (Å²) in [5.41, 5.74) is 8.74. The van der Waals surface area contributed by atoms with Crippen molar-refractivity contribution >= 4 is 16.5 Å². The monoisotopic (exact) mass is 386 g/mol. The van der Waals surface area contributed by atoms with Crippen LogP contribution in [0.4, 0.5) is 5.69 Å². The summed E-state index contributed by atoms with van der Waals surface area (Å²) in [7, 11) is 1.67. The number of hydrogen-bond acceptors (Lipinski definition) is 4. The highest BCUT2D eigenvalue weighted by molar-refractivity contribution is 5.85. The molecule has 0 spiro atoms. The molecule has 0 aromatic heterocycles. The molecular weight excluding hydrogens is 360 g/mol. The van der Waals surface area contributed by atoms with Gasteiger partial charge in [0.15, 0.2) is 0 Å². The number of nitrogens with one attached hydrogen (secondary N) is 1. The molecule has 1 aliphatic carbocycles. The maximum Gasteiger partial charge on any atom is 0.120 e. The van der Waals surface area contributed by atoms with Crippen molar-refractivity contribution in [3.05, 3.63) is 96.2 Å². The number of fused-ring (bicyclic) bond motifs is 1. The van der Waals surface area contributed by atoms with E-state index in [-0.39, 0.29) is 5.54 Å². The number of anilines is 1. The summed E-state index contributed by atoms with van der Waals surface area (Å²) >= 11 is 0. The first kappa shape index (κ1) is 19.1. The number of ether oxygens (including phenoxy) is 2. The Kier molecular flexibility index (Phi) is 5.54. The Hall–Kier alpha value is -3.24. The van der Waals surface area contributed by atoms with E-state index in [1.165, 1.54) is 10.9 Å². The topological polar surface area (TPSA) is 56.5 Å². The van der Waals surface area contributed by atoms with E-state index < -0.39 is 0 Å². The van der Waals surface area contributed by atoms with E-state index in [1.807, 2.05) is 30.3 Å². The Morgan fingerprint density at radius 3 is 2.52 bits per heavy atom. The molecule has 3 aromatic rings. The van der Waals surface area contributed by atoms with Gasteiger partial charge in [-0.15, -0.1) is 0 Å². The van der Waals surface area contributed by atoms with Gasteiger partial charge < -0.3 is 20.5 Å². The molecule has 0 aliphatic heterocycles. The zero-order valence-electron chi connectivity index (χ0n) is 16.6. The minimum absolute atomic E-state index is 0.341. The van der Waals surface area contributed by atoms with Crippen LogP contribution in [0.15, 0.2) is 90.7 Å². The van der Waals surface area contributed by atoms with Gasteiger partial charge in [0, 0.05) is 18.5 Å². The first-order valence-electron chi connectivity index (χ1n) is 9.83. The summed E-state index contributed by atoms with van der Waals surface area (Å²) in [6, 6.07) is 23.0. The standard InChI is InChI=1S/C25H26N2O2/c1-28-15-16-29-24-10-8-19-17-21(9-7-20(19)18-24)25(13-11-22(26)12-14-25)27-23-5-3-2-4-6-23/h2-13,17-18,27H,14-16,26H2,1H3. The highest BCUT2D eigenvalue weighted by atomic mass is 16.5. The third kappa shape index (κ3) is 4.28. The van der Waals surface area contributed by atoms with Crippen molar-refractivity contribution in [3.8, 4) is 5.75 Å². The molecule has 0 saturated carbocycles. The van der Waals surface area contributed by atoms with Gasteiger partial charge in [0.25, 0.3) is 0 Å². The van der Waals surface area contributed by atoms with Crippen molar-refractivity contribution in [1.82, 2.24) is 0 Å². The van der Waals surface area contributed by atoms with E-state index in [9.17, 15) is 0 Å². The number of hydrogen-bond donors (Lipinski definition) is 2. The SMILES string of the molecule is COCCOc1ccc2cc(C3(Nc4ccccc4)C=CC(N)=CC3)ccc2c1. The molecule has 29 heavy (non-hydrogen) atoms. The van der Waals surface area contributed by atoms with E-state index in [2.05, 4.69) is 59.9 Å². The van der Waals surface area contributed by atoms with E-state index in [0.29, 0.717) is 13.2 Å². The van der Waals surface area contributed by atoms with Gasteiger partial charge in [0.05, 0.1) is 12.1 Å². The number of allylic oxidation sites excluding steroid dienone is 1. The van der Waals surface area contributed by atoms with E-state index in [4.69, 9.17) is 15.2 Å². The van der Waals surface area contributed by atoms with Crippen molar-refractivity contribution < 1.29 is 9.47 Å². The Morgan fingerprint density at radius 2 is 1.76 bits per heavy atom. The van der Waals surface area contributed by atoms with Crippen molar-refractivity contribution in [1.29, 1.82) is 0 Å². The van der Waals surface area contributed by atoms with Crippen LogP contribution in [-0.4, -0.2) is 20.3 Å². The fourth-order valence-corrected chi connectivity index (χ4v) is 3.65. The van der Waals surface area contributed by atoms with Crippen LogP contribution in [0.3, 0.4) is 0 Å². The molecular formula is C25H26N2O2. The number of nitrogens with two attached hydrogens (primary N) is 1. The van der Waals surface area contributed by atoms with Gasteiger partial charge in [0.2, 0.25) is 0 Å². The van der Waals surface area contributed by atoms with E-state index in [1.54, 1.807) is 7.11 Å². The smallest absolute Gasteiger partial charge is 0.120 e. The second kappa shape index (κ2) is 8.41. The summed E-state index contributed by atoms with van der Waals surface area (Å²) < 4.78 is 10.8. The molecule has 1 aliphatic rings. The summed E-state index contributed by atoms with van der Waals surface area (Å²) in [6.07, 6.45) is 7.01. The summed E-state index contributed by atoms with van der Waals surface area (Å²) in [5.74, 6) is 0.854. The number of methoxy groups -OCH3 is 1. The molecule has 148 valence electrons. The van der Waals surface area contributed by atoms with E-state index >= 15 is 0 Å². The Balaban J connectivity index is 1.67. The molecule has 4 heteroatoms. The van der Waals surface area contributed by atoms with Crippen LogP contribution in [0, 0.1) is 0 Å². The van der Waals surface area contributed by atoms with Gasteiger partial charge in [-0.05, 0) is 59.2 Å². The Bertz CT molecular complexity index is 1040. The molecule has 0 amide bonds. The molecule has 4 nitrogen and oxygen atoms in total. The highest BCUT2D eigenvalue weighted by Gasteiger charge is 2.30. The lowest BCUT2D eigenvalue weighted by Crippen LogP contribution is -2.34. The van der Waals surface area contributed by atoms with Gasteiger partial charge in [0.1, 0.15) is 12.4 Å². The number of benzene rings is 3. The molecule has 0 fully saturated rings. The van der Waals surface area contributed by atoms with Crippen LogP contribution in [-0.2, 0) is 10.3 Å². The maximum atomic E-state index is 6.01. The Morgan fingerprint density at radius 1 is 0.966 bits per heavy atom. The zero-order valence-corrected chi connectivity index (χ0v) is 16.6. The summed E-state index contributed by atoms with van der Waals surface area (Å²) in [4.78, 5) is 0. The normalized spacial score (nSPS) is 18.4. The van der Waals surface area contributed by atoms with Crippen LogP contribution < -0.4 is 15.8 Å². The number of rotatable bonds is 7. The molecule has 1 atom stereocenters. The van der Waals surface area contributed by atoms with Gasteiger partial charge in [-0.3, -0.25) is 0 Å². The molecule has 1 unspecified atom stereocenters. The summed E-state index contributed by atoms with van der Waals surface area (Å²) in [5, 5.41) is 6.04. The van der Waals surface area contributed by atoms with Crippen molar-refractivity contribution in [3.63, 3.8) is 0 Å². The van der Waals surface area contributed by atoms with Crippen molar-refractivity contribution in [2.45, 2.75) is 12.0 Å². The molecule has 0 bridgehead atoms. The second-order valence-electron chi connectivity index (χ2n) is 7.27. The third-order valence-corrected chi connectivity index (χ3v) is 5.24. The first-order chi connectivity index (χ1) is 14.2. The van der Waals surface area contributed by atoms with Gasteiger partial charge in [-0.1, -0.05) is 48.6 Å². The predicted octanol–water partition coefficient (Wildman–Crippen LogP) is 4.97. The lowest BCUT2D eigenvalue weighted by Gasteiger charge is -2.35. The lowest BCUT2D eigenvalue weighted by atomic mass is 9.82. The fourth-order valence-electron chi connectivity index (χ4n) is 3.65. The average Bonchev–Trinajstić information content (AvgIpc) is 2.76. The molecule has 0 heterocycles. The van der Waals surface area contributed by atoms with Crippen LogP contribution >= 0.6 is 0 Å². The summed E-state index contributed by atoms with van der Waals surface area (Å²) in [6.45, 7) is 1.12. The van der Waals surface area contributed by atoms with Crippen LogP contribution in [0.25, 0.3) is 10.8 Å². The van der Waals surface area contributed by atoms with Gasteiger partial charge in [-0.25, -0.2) is 0 Å². The largest absolute Gasteiger partial charge is 0.491 e. The van der Waals surface area contributed by atoms with Crippen LogP contribution in [0.2, 0.25) is 0 Å². The number of para-hydroxylation sites is 1. The van der Waals surface area contributed by atoms with Crippen LogP contribution in [0.1, 0.15) is 12.0 Å². The van der Waals surface area contributed by atoms with Gasteiger partial charge in [-0.2, -0.15) is 0 Å². The molecule has 3 aromatic carbocycles. The minimum Gasteiger partial charge on any atom is -0.491 e. The average molecular weight is 386 g/mol. The van der Waals surface area contributed by atoms with Crippen molar-refractivity contribution in [2.24, 2.45) is 5.73 Å². The molecule has 3 N–H and O–H groups in total. The molecule has 0 saturated heterocycles. The van der Waals surface area contributed by atoms with Gasteiger partial charge >= 0.3 is 0 Å². The van der Waals surface area contributed by atoms with Crippen LogP contribution in [0.5, 0.6) is 5.75 Å².